The summed E-state index contributed by atoms with van der Waals surface area (Å²) in [4.78, 5) is 18.7. The Hall–Kier alpha value is -2.88. The van der Waals surface area contributed by atoms with Gasteiger partial charge in [0.1, 0.15) is 0 Å². The summed E-state index contributed by atoms with van der Waals surface area (Å²) < 4.78 is 13.6. The van der Waals surface area contributed by atoms with E-state index >= 15 is 0 Å². The van der Waals surface area contributed by atoms with Crippen molar-refractivity contribution in [2.45, 2.75) is 0 Å². The largest absolute Gasteiger partial charge is 0.356 e. The molecular formula is C24H17ClNO3P. The summed E-state index contributed by atoms with van der Waals surface area (Å²) in [6.45, 7) is 0. The zero-order valence-electron chi connectivity index (χ0n) is 15.7. The third-order valence-corrected chi connectivity index (χ3v) is 6.48. The van der Waals surface area contributed by atoms with Crippen molar-refractivity contribution in [3.8, 4) is 16.8 Å². The molecule has 148 valence electrons. The van der Waals surface area contributed by atoms with Crippen LogP contribution in [0.5, 0.6) is 0 Å². The van der Waals surface area contributed by atoms with Crippen LogP contribution in [0.15, 0.2) is 91.0 Å². The van der Waals surface area contributed by atoms with Crippen LogP contribution >= 0.6 is 19.2 Å². The highest BCUT2D eigenvalue weighted by atomic mass is 35.5. The minimum atomic E-state index is -4.25. The van der Waals surface area contributed by atoms with Gasteiger partial charge >= 0.3 is 7.60 Å². The fraction of sp³-hybridized carbons (Fsp3) is 0. The van der Waals surface area contributed by atoms with Crippen molar-refractivity contribution < 1.29 is 14.4 Å². The van der Waals surface area contributed by atoms with E-state index in [-0.39, 0.29) is 5.30 Å². The number of nitrogens with zero attached hydrogens (tertiary/aromatic N) is 1. The van der Waals surface area contributed by atoms with E-state index in [1.165, 1.54) is 12.1 Å². The third kappa shape index (κ3) is 3.24. The second-order valence-electron chi connectivity index (χ2n) is 7.16. The van der Waals surface area contributed by atoms with Gasteiger partial charge in [-0.3, -0.25) is 4.57 Å². The van der Waals surface area contributed by atoms with Crippen LogP contribution < -0.4 is 5.30 Å². The molecule has 4 nitrogen and oxygen atoms in total. The Labute approximate surface area is 178 Å². The molecule has 1 aromatic heterocycles. The highest BCUT2D eigenvalue weighted by Crippen LogP contribution is 2.36. The lowest BCUT2D eigenvalue weighted by molar-refractivity contribution is 0.387. The summed E-state index contributed by atoms with van der Waals surface area (Å²) in [7, 11) is -4.25. The predicted octanol–water partition coefficient (Wildman–Crippen LogP) is 5.91. The van der Waals surface area contributed by atoms with Gasteiger partial charge in [-0.1, -0.05) is 54.1 Å². The molecule has 0 aliphatic carbocycles. The number of aromatic nitrogens is 1. The van der Waals surface area contributed by atoms with E-state index in [9.17, 15) is 14.4 Å². The summed E-state index contributed by atoms with van der Waals surface area (Å²) in [6.07, 6.45) is 0. The molecule has 1 heterocycles. The molecule has 30 heavy (non-hydrogen) atoms. The van der Waals surface area contributed by atoms with Gasteiger partial charge in [0.05, 0.1) is 16.3 Å². The monoisotopic (exact) mass is 433 g/mol. The Balaban J connectivity index is 1.69. The van der Waals surface area contributed by atoms with Crippen molar-refractivity contribution in [2.75, 3.05) is 0 Å². The number of para-hydroxylation sites is 1. The van der Waals surface area contributed by atoms with Gasteiger partial charge in [-0.15, -0.1) is 0 Å². The average molecular weight is 434 g/mol. The Morgan fingerprint density at radius 2 is 1.43 bits per heavy atom. The van der Waals surface area contributed by atoms with Crippen molar-refractivity contribution in [3.63, 3.8) is 0 Å². The molecule has 0 aliphatic rings. The molecule has 0 aliphatic heterocycles. The highest BCUT2D eigenvalue weighted by molar-refractivity contribution is 7.60. The molecule has 5 rings (SSSR count). The molecule has 0 amide bonds. The number of benzene rings is 4. The molecule has 0 spiro atoms. The molecule has 2 N–H and O–H groups in total. The lowest BCUT2D eigenvalue weighted by Crippen LogP contribution is -2.02. The topological polar surface area (TPSA) is 62.5 Å². The predicted molar refractivity (Wildman–Crippen MR) is 123 cm³/mol. The minimum Gasteiger partial charge on any atom is -0.321 e. The van der Waals surface area contributed by atoms with Gasteiger partial charge in [0, 0.05) is 21.5 Å². The molecular weight excluding hydrogens is 417 g/mol. The van der Waals surface area contributed by atoms with E-state index in [1.807, 2.05) is 48.5 Å². The van der Waals surface area contributed by atoms with E-state index in [1.54, 1.807) is 12.1 Å². The van der Waals surface area contributed by atoms with E-state index in [2.05, 4.69) is 22.8 Å². The zero-order chi connectivity index (χ0) is 20.9. The van der Waals surface area contributed by atoms with Gasteiger partial charge in [-0.2, -0.15) is 0 Å². The van der Waals surface area contributed by atoms with Crippen LogP contribution in [0.25, 0.3) is 38.6 Å². The molecule has 0 fully saturated rings. The molecule has 0 atom stereocenters. The first kappa shape index (κ1) is 19.1. The Morgan fingerprint density at radius 1 is 0.700 bits per heavy atom. The first-order chi connectivity index (χ1) is 14.4. The van der Waals surface area contributed by atoms with Gasteiger partial charge in [0.15, 0.2) is 0 Å². The number of hydrogen-bond acceptors (Lipinski definition) is 1. The summed E-state index contributed by atoms with van der Waals surface area (Å²) in [6, 6.07) is 28.6. The van der Waals surface area contributed by atoms with Crippen LogP contribution in [0.4, 0.5) is 0 Å². The van der Waals surface area contributed by atoms with Crippen molar-refractivity contribution >= 4 is 46.3 Å². The van der Waals surface area contributed by atoms with Crippen molar-refractivity contribution in [3.05, 3.63) is 96.0 Å². The molecule has 0 saturated heterocycles. The van der Waals surface area contributed by atoms with E-state index in [4.69, 9.17) is 11.6 Å². The fourth-order valence-corrected chi connectivity index (χ4v) is 4.61. The summed E-state index contributed by atoms with van der Waals surface area (Å²) >= 11 is 6.26. The second-order valence-corrected chi connectivity index (χ2v) is 9.20. The van der Waals surface area contributed by atoms with Crippen LogP contribution in [-0.2, 0) is 4.57 Å². The summed E-state index contributed by atoms with van der Waals surface area (Å²) in [5.74, 6) is 0. The molecule has 0 unspecified atom stereocenters. The molecule has 0 radical (unpaired) electrons. The number of fused-ring (bicyclic) bond motifs is 3. The maximum atomic E-state index is 11.4. The van der Waals surface area contributed by atoms with Crippen LogP contribution in [0.3, 0.4) is 0 Å². The SMILES string of the molecule is O=P(O)(O)c1ccc(-c2cccc(-n3c4ccccc4c4cc(Cl)ccc43)c2)cc1. The molecule has 4 aromatic carbocycles. The molecule has 0 saturated carbocycles. The standard InChI is InChI=1S/C24H17ClNO3P/c25-18-10-13-24-22(15-18)21-6-1-2-7-23(21)26(24)19-5-3-4-17(14-19)16-8-11-20(12-9-16)30(27,28)29/h1-15H,(H2,27,28,29). The second kappa shape index (κ2) is 7.12. The Kier molecular flexibility index (Phi) is 4.53. The van der Waals surface area contributed by atoms with E-state index < -0.39 is 7.60 Å². The van der Waals surface area contributed by atoms with E-state index in [0.29, 0.717) is 5.02 Å². The minimum absolute atomic E-state index is 0.0154. The highest BCUT2D eigenvalue weighted by Gasteiger charge is 2.17. The smallest absolute Gasteiger partial charge is 0.321 e. The van der Waals surface area contributed by atoms with Crippen molar-refractivity contribution in [2.24, 2.45) is 0 Å². The Morgan fingerprint density at radius 3 is 2.20 bits per heavy atom. The number of hydrogen-bond donors (Lipinski definition) is 2. The van der Waals surface area contributed by atoms with E-state index in [0.717, 1.165) is 38.6 Å². The fourth-order valence-electron chi connectivity index (χ4n) is 3.90. The Bertz CT molecular complexity index is 1450. The van der Waals surface area contributed by atoms with Crippen molar-refractivity contribution in [1.29, 1.82) is 0 Å². The number of halogens is 1. The van der Waals surface area contributed by atoms with Crippen molar-refractivity contribution in [1.82, 2.24) is 4.57 Å². The van der Waals surface area contributed by atoms with Crippen LogP contribution in [0.2, 0.25) is 5.02 Å². The van der Waals surface area contributed by atoms with Crippen LogP contribution in [-0.4, -0.2) is 14.4 Å². The maximum Gasteiger partial charge on any atom is 0.356 e. The van der Waals surface area contributed by atoms with Gasteiger partial charge in [-0.05, 0) is 59.7 Å². The quantitative estimate of drug-likeness (QED) is 0.348. The van der Waals surface area contributed by atoms with Crippen LogP contribution in [0.1, 0.15) is 0 Å². The third-order valence-electron chi connectivity index (χ3n) is 5.28. The first-order valence-corrected chi connectivity index (χ1v) is 11.4. The lowest BCUT2D eigenvalue weighted by Gasteiger charge is -2.11. The zero-order valence-corrected chi connectivity index (χ0v) is 17.4. The average Bonchev–Trinajstić information content (AvgIpc) is 3.07. The molecule has 5 aromatic rings. The van der Waals surface area contributed by atoms with Gasteiger partial charge in [-0.25, -0.2) is 0 Å². The normalized spacial score (nSPS) is 12.0. The number of rotatable bonds is 3. The summed E-state index contributed by atoms with van der Waals surface area (Å²) in [5, 5.41) is 2.94. The summed E-state index contributed by atoms with van der Waals surface area (Å²) in [5.41, 5.74) is 5.00. The molecule has 0 bridgehead atoms. The first-order valence-electron chi connectivity index (χ1n) is 9.37. The lowest BCUT2D eigenvalue weighted by atomic mass is 10.1. The van der Waals surface area contributed by atoms with Gasteiger partial charge < -0.3 is 14.4 Å². The van der Waals surface area contributed by atoms with Crippen LogP contribution in [0, 0.1) is 0 Å². The van der Waals surface area contributed by atoms with Gasteiger partial charge in [0.25, 0.3) is 0 Å². The maximum absolute atomic E-state index is 11.4. The molecule has 6 heteroatoms. The van der Waals surface area contributed by atoms with Gasteiger partial charge in [0.2, 0.25) is 0 Å².